The minimum absolute atomic E-state index is 0.133. The molecule has 0 aliphatic carbocycles. The molecule has 4 heteroatoms. The molecule has 2 aromatic rings. The van der Waals surface area contributed by atoms with Crippen molar-refractivity contribution in [3.63, 3.8) is 0 Å². The van der Waals surface area contributed by atoms with E-state index in [9.17, 15) is 0 Å². The van der Waals surface area contributed by atoms with Gasteiger partial charge in [0.15, 0.2) is 11.5 Å². The molecule has 0 fully saturated rings. The van der Waals surface area contributed by atoms with Crippen molar-refractivity contribution >= 4 is 0 Å². The molecular weight excluding hydrogens is 302 g/mol. The van der Waals surface area contributed by atoms with Crippen molar-refractivity contribution in [2.45, 2.75) is 26.2 Å². The summed E-state index contributed by atoms with van der Waals surface area (Å²) in [6.45, 7) is 7.37. The molecule has 4 nitrogen and oxygen atoms in total. The number of methoxy groups -OCH3 is 1. The van der Waals surface area contributed by atoms with E-state index in [0.717, 1.165) is 5.75 Å². The van der Waals surface area contributed by atoms with Crippen LogP contribution in [0.3, 0.4) is 0 Å². The summed E-state index contributed by atoms with van der Waals surface area (Å²) in [5.41, 5.74) is 1.94. The standard InChI is InChI=1S/C20H23NO3/c1-20(2,3)16-6-8-17(9-7-16)23-11-12-24-18-10-5-15(14-21)13-19(18)22-4/h5-10,13H,11-12H2,1-4H3. The molecule has 0 unspecified atom stereocenters. The smallest absolute Gasteiger partial charge is 0.162 e. The summed E-state index contributed by atoms with van der Waals surface area (Å²) in [7, 11) is 1.55. The highest BCUT2D eigenvalue weighted by Gasteiger charge is 2.13. The van der Waals surface area contributed by atoms with Crippen molar-refractivity contribution < 1.29 is 14.2 Å². The Morgan fingerprint density at radius 1 is 0.917 bits per heavy atom. The molecule has 0 aromatic heterocycles. The van der Waals surface area contributed by atoms with Gasteiger partial charge in [-0.05, 0) is 35.2 Å². The molecule has 0 aliphatic rings. The highest BCUT2D eigenvalue weighted by molar-refractivity contribution is 5.46. The highest BCUT2D eigenvalue weighted by Crippen LogP contribution is 2.28. The molecule has 0 amide bonds. The Morgan fingerprint density at radius 3 is 2.17 bits per heavy atom. The molecule has 0 saturated heterocycles. The molecule has 0 saturated carbocycles. The van der Waals surface area contributed by atoms with E-state index >= 15 is 0 Å². The average molecular weight is 325 g/mol. The van der Waals surface area contributed by atoms with Crippen LogP contribution < -0.4 is 14.2 Å². The van der Waals surface area contributed by atoms with E-state index in [2.05, 4.69) is 39.0 Å². The van der Waals surface area contributed by atoms with Gasteiger partial charge in [0.2, 0.25) is 0 Å². The lowest BCUT2D eigenvalue weighted by Crippen LogP contribution is -2.11. The molecule has 0 heterocycles. The molecule has 0 atom stereocenters. The van der Waals surface area contributed by atoms with Crippen LogP contribution in [0.2, 0.25) is 0 Å². The summed E-state index contributed by atoms with van der Waals surface area (Å²) in [6.07, 6.45) is 0. The Kier molecular flexibility index (Phi) is 5.70. The first-order chi connectivity index (χ1) is 11.4. The van der Waals surface area contributed by atoms with Crippen molar-refractivity contribution in [1.82, 2.24) is 0 Å². The van der Waals surface area contributed by atoms with E-state index in [1.165, 1.54) is 5.56 Å². The van der Waals surface area contributed by atoms with Crippen LogP contribution in [-0.2, 0) is 5.41 Å². The SMILES string of the molecule is COc1cc(C#N)ccc1OCCOc1ccc(C(C)(C)C)cc1. The largest absolute Gasteiger partial charge is 0.493 e. The number of hydrogen-bond acceptors (Lipinski definition) is 4. The Bertz CT molecular complexity index is 709. The average Bonchev–Trinajstić information content (AvgIpc) is 2.58. The van der Waals surface area contributed by atoms with Crippen LogP contribution >= 0.6 is 0 Å². The normalized spacial score (nSPS) is 10.8. The third-order valence-electron chi connectivity index (χ3n) is 3.62. The van der Waals surface area contributed by atoms with Crippen molar-refractivity contribution in [2.75, 3.05) is 20.3 Å². The zero-order valence-corrected chi connectivity index (χ0v) is 14.6. The summed E-state index contributed by atoms with van der Waals surface area (Å²) < 4.78 is 16.6. The van der Waals surface area contributed by atoms with Crippen LogP contribution in [0.5, 0.6) is 17.2 Å². The lowest BCUT2D eigenvalue weighted by Gasteiger charge is -2.19. The first-order valence-electron chi connectivity index (χ1n) is 7.88. The molecule has 0 bridgehead atoms. The minimum Gasteiger partial charge on any atom is -0.493 e. The Morgan fingerprint density at radius 2 is 1.58 bits per heavy atom. The lowest BCUT2D eigenvalue weighted by atomic mass is 9.87. The van der Waals surface area contributed by atoms with E-state index in [-0.39, 0.29) is 5.41 Å². The maximum absolute atomic E-state index is 8.89. The van der Waals surface area contributed by atoms with Crippen molar-refractivity contribution in [3.05, 3.63) is 53.6 Å². The fourth-order valence-electron chi connectivity index (χ4n) is 2.22. The molecule has 0 aliphatic heterocycles. The second kappa shape index (κ2) is 7.74. The van der Waals surface area contributed by atoms with E-state index in [1.807, 2.05) is 12.1 Å². The number of nitriles is 1. The topological polar surface area (TPSA) is 51.5 Å². The van der Waals surface area contributed by atoms with Gasteiger partial charge in [0.1, 0.15) is 19.0 Å². The Balaban J connectivity index is 1.86. The molecule has 24 heavy (non-hydrogen) atoms. The van der Waals surface area contributed by atoms with Gasteiger partial charge in [0.25, 0.3) is 0 Å². The maximum Gasteiger partial charge on any atom is 0.162 e. The lowest BCUT2D eigenvalue weighted by molar-refractivity contribution is 0.211. The van der Waals surface area contributed by atoms with Gasteiger partial charge < -0.3 is 14.2 Å². The number of rotatable bonds is 6. The summed E-state index contributed by atoms with van der Waals surface area (Å²) in [6, 6.07) is 15.3. The van der Waals surface area contributed by atoms with Crippen LogP contribution in [0.15, 0.2) is 42.5 Å². The third kappa shape index (κ3) is 4.66. The van der Waals surface area contributed by atoms with Crippen LogP contribution in [0.25, 0.3) is 0 Å². The van der Waals surface area contributed by atoms with Gasteiger partial charge >= 0.3 is 0 Å². The summed E-state index contributed by atoms with van der Waals surface area (Å²) in [5.74, 6) is 1.96. The summed E-state index contributed by atoms with van der Waals surface area (Å²) >= 11 is 0. The quantitative estimate of drug-likeness (QED) is 0.742. The number of nitrogens with zero attached hydrogens (tertiary/aromatic N) is 1. The molecule has 2 rings (SSSR count). The van der Waals surface area contributed by atoms with Crippen LogP contribution in [0, 0.1) is 11.3 Å². The van der Waals surface area contributed by atoms with Gasteiger partial charge in [0, 0.05) is 6.07 Å². The van der Waals surface area contributed by atoms with Gasteiger partial charge in [-0.25, -0.2) is 0 Å². The van der Waals surface area contributed by atoms with Gasteiger partial charge in [-0.2, -0.15) is 5.26 Å². The monoisotopic (exact) mass is 325 g/mol. The summed E-state index contributed by atoms with van der Waals surface area (Å²) in [5, 5.41) is 8.89. The van der Waals surface area contributed by atoms with Crippen molar-refractivity contribution in [3.8, 4) is 23.3 Å². The second-order valence-electron chi connectivity index (χ2n) is 6.45. The Labute approximate surface area is 143 Å². The van der Waals surface area contributed by atoms with Gasteiger partial charge in [-0.15, -0.1) is 0 Å². The van der Waals surface area contributed by atoms with Crippen LogP contribution in [0.4, 0.5) is 0 Å². The van der Waals surface area contributed by atoms with Crippen LogP contribution in [-0.4, -0.2) is 20.3 Å². The fourth-order valence-corrected chi connectivity index (χ4v) is 2.22. The first kappa shape index (κ1) is 17.7. The number of hydrogen-bond donors (Lipinski definition) is 0. The molecule has 0 radical (unpaired) electrons. The minimum atomic E-state index is 0.133. The molecule has 0 spiro atoms. The van der Waals surface area contributed by atoms with Crippen LogP contribution in [0.1, 0.15) is 31.9 Å². The van der Waals surface area contributed by atoms with E-state index < -0.39 is 0 Å². The van der Waals surface area contributed by atoms with E-state index in [4.69, 9.17) is 19.5 Å². The molecule has 2 aromatic carbocycles. The van der Waals surface area contributed by atoms with Gasteiger partial charge in [0.05, 0.1) is 18.7 Å². The first-order valence-corrected chi connectivity index (χ1v) is 7.88. The zero-order chi connectivity index (χ0) is 17.6. The fraction of sp³-hybridized carbons (Fsp3) is 0.350. The van der Waals surface area contributed by atoms with Crippen molar-refractivity contribution in [1.29, 1.82) is 5.26 Å². The van der Waals surface area contributed by atoms with Crippen molar-refractivity contribution in [2.24, 2.45) is 0 Å². The predicted molar refractivity (Wildman–Crippen MR) is 93.8 cm³/mol. The predicted octanol–water partition coefficient (Wildman–Crippen LogP) is 4.32. The number of benzene rings is 2. The van der Waals surface area contributed by atoms with Gasteiger partial charge in [-0.3, -0.25) is 0 Å². The Hall–Kier alpha value is -2.67. The van der Waals surface area contributed by atoms with Gasteiger partial charge in [-0.1, -0.05) is 32.9 Å². The molecular formula is C20H23NO3. The highest BCUT2D eigenvalue weighted by atomic mass is 16.5. The molecule has 0 N–H and O–H groups in total. The van der Waals surface area contributed by atoms with E-state index in [1.54, 1.807) is 25.3 Å². The zero-order valence-electron chi connectivity index (χ0n) is 14.6. The third-order valence-corrected chi connectivity index (χ3v) is 3.62. The van der Waals surface area contributed by atoms with E-state index in [0.29, 0.717) is 30.3 Å². The second-order valence-corrected chi connectivity index (χ2v) is 6.45. The number of ether oxygens (including phenoxy) is 3. The maximum atomic E-state index is 8.89. The molecule has 126 valence electrons. The summed E-state index contributed by atoms with van der Waals surface area (Å²) in [4.78, 5) is 0.